The van der Waals surface area contributed by atoms with E-state index in [-0.39, 0.29) is 5.78 Å². The molecule has 0 saturated heterocycles. The second kappa shape index (κ2) is 6.18. The number of benzene rings is 1. The van der Waals surface area contributed by atoms with Crippen LogP contribution in [0.25, 0.3) is 0 Å². The van der Waals surface area contributed by atoms with Crippen LogP contribution < -0.4 is 0 Å². The molecule has 88 valence electrons. The highest BCUT2D eigenvalue weighted by atomic mass is 79.9. The summed E-state index contributed by atoms with van der Waals surface area (Å²) in [5.74, 6) is 0.639. The molecule has 1 nitrogen and oxygen atoms in total. The van der Waals surface area contributed by atoms with E-state index in [1.54, 1.807) is 11.8 Å². The van der Waals surface area contributed by atoms with Crippen molar-refractivity contribution in [2.75, 3.05) is 5.75 Å². The lowest BCUT2D eigenvalue weighted by Gasteiger charge is -2.00. The molecule has 2 aromatic rings. The first-order valence-corrected chi connectivity index (χ1v) is 8.26. The molecule has 1 heterocycles. The van der Waals surface area contributed by atoms with Crippen molar-refractivity contribution in [3.8, 4) is 0 Å². The number of Topliss-reactive ketones (excluding diaryl/α,β-unsaturated/α-hetero) is 1. The molecule has 0 N–H and O–H groups in total. The van der Waals surface area contributed by atoms with Gasteiger partial charge in [-0.3, -0.25) is 4.79 Å². The summed E-state index contributed by atoms with van der Waals surface area (Å²) in [5, 5.41) is 1.92. The fourth-order valence-electron chi connectivity index (χ4n) is 1.24. The Bertz CT molecular complexity index is 520. The topological polar surface area (TPSA) is 17.1 Å². The van der Waals surface area contributed by atoms with E-state index in [0.29, 0.717) is 5.75 Å². The minimum Gasteiger partial charge on any atom is -0.292 e. The molecule has 0 fully saturated rings. The molecule has 2 rings (SSSR count). The number of thiophene rings is 1. The summed E-state index contributed by atoms with van der Waals surface area (Å²) >= 11 is 9.80. The Kier molecular flexibility index (Phi) is 4.85. The van der Waals surface area contributed by atoms with Gasteiger partial charge in [0.1, 0.15) is 0 Å². The zero-order valence-electron chi connectivity index (χ0n) is 8.65. The number of hydrogen-bond acceptors (Lipinski definition) is 3. The van der Waals surface area contributed by atoms with E-state index >= 15 is 0 Å². The smallest absolute Gasteiger partial charge is 0.184 e. The monoisotopic (exact) mass is 390 g/mol. The largest absolute Gasteiger partial charge is 0.292 e. The van der Waals surface area contributed by atoms with Gasteiger partial charge in [0.15, 0.2) is 5.78 Å². The normalized spacial score (nSPS) is 10.5. The van der Waals surface area contributed by atoms with Gasteiger partial charge in [-0.25, -0.2) is 0 Å². The van der Waals surface area contributed by atoms with E-state index < -0.39 is 0 Å². The second-order valence-electron chi connectivity index (χ2n) is 3.26. The molecule has 1 aromatic heterocycles. The van der Waals surface area contributed by atoms with E-state index in [1.807, 2.05) is 35.7 Å². The quantitative estimate of drug-likeness (QED) is 0.523. The summed E-state index contributed by atoms with van der Waals surface area (Å²) in [5.41, 5.74) is 0. The molecule has 0 saturated carbocycles. The highest BCUT2D eigenvalue weighted by Gasteiger charge is 2.11. The van der Waals surface area contributed by atoms with Crippen LogP contribution in [0.2, 0.25) is 0 Å². The van der Waals surface area contributed by atoms with Crippen molar-refractivity contribution in [2.24, 2.45) is 0 Å². The zero-order chi connectivity index (χ0) is 12.3. The molecular formula is C12H8Br2OS2. The summed E-state index contributed by atoms with van der Waals surface area (Å²) in [7, 11) is 0. The number of carbonyl (C=O) groups excluding carboxylic acids is 1. The first-order chi connectivity index (χ1) is 8.16. The number of thioether (sulfide) groups is 1. The Morgan fingerprint density at radius 3 is 2.47 bits per heavy atom. The predicted molar refractivity (Wildman–Crippen MR) is 81.2 cm³/mol. The van der Waals surface area contributed by atoms with Crippen LogP contribution in [-0.2, 0) is 0 Å². The van der Waals surface area contributed by atoms with E-state index in [0.717, 1.165) is 18.7 Å². The van der Waals surface area contributed by atoms with Crippen molar-refractivity contribution < 1.29 is 4.79 Å². The van der Waals surface area contributed by atoms with E-state index in [4.69, 9.17) is 0 Å². The van der Waals surface area contributed by atoms with E-state index in [9.17, 15) is 4.79 Å². The van der Waals surface area contributed by atoms with E-state index in [2.05, 4.69) is 31.9 Å². The molecule has 0 aliphatic carbocycles. The van der Waals surface area contributed by atoms with Crippen molar-refractivity contribution in [1.82, 2.24) is 0 Å². The van der Waals surface area contributed by atoms with Gasteiger partial charge in [-0.15, -0.1) is 23.1 Å². The van der Waals surface area contributed by atoms with Gasteiger partial charge in [0.05, 0.1) is 10.6 Å². The maximum Gasteiger partial charge on any atom is 0.184 e. The third kappa shape index (κ3) is 3.68. The summed E-state index contributed by atoms with van der Waals surface area (Å²) in [6.45, 7) is 0. The van der Waals surface area contributed by atoms with Crippen molar-refractivity contribution in [2.45, 2.75) is 4.90 Å². The summed E-state index contributed by atoms with van der Waals surface area (Å²) < 4.78 is 1.94. The minimum atomic E-state index is 0.166. The van der Waals surface area contributed by atoms with Gasteiger partial charge >= 0.3 is 0 Å². The molecule has 0 amide bonds. The Hall–Kier alpha value is -0.100. The summed E-state index contributed by atoms with van der Waals surface area (Å²) in [6.07, 6.45) is 0. The molecule has 0 unspecified atom stereocenters. The summed E-state index contributed by atoms with van der Waals surface area (Å²) in [4.78, 5) is 13.8. The Balaban J connectivity index is 1.97. The average molecular weight is 392 g/mol. The van der Waals surface area contributed by atoms with Crippen molar-refractivity contribution in [3.05, 3.63) is 49.5 Å². The SMILES string of the molecule is O=C(CSc1ccc(Br)cc1)c1sccc1Br. The molecule has 0 aliphatic rings. The Morgan fingerprint density at radius 1 is 1.18 bits per heavy atom. The van der Waals surface area contributed by atoms with Gasteiger partial charge in [-0.05, 0) is 51.6 Å². The van der Waals surface area contributed by atoms with Crippen LogP contribution in [0.4, 0.5) is 0 Å². The molecule has 0 aliphatic heterocycles. The molecule has 5 heteroatoms. The average Bonchev–Trinajstić information content (AvgIpc) is 2.74. The van der Waals surface area contributed by atoms with Crippen LogP contribution in [0.3, 0.4) is 0 Å². The zero-order valence-corrected chi connectivity index (χ0v) is 13.5. The third-order valence-corrected chi connectivity index (χ3v) is 5.47. The molecule has 0 spiro atoms. The predicted octanol–water partition coefficient (Wildman–Crippen LogP) is 5.25. The molecule has 0 radical (unpaired) electrons. The van der Waals surface area contributed by atoms with Gasteiger partial charge < -0.3 is 0 Å². The maximum absolute atomic E-state index is 11.9. The molecular weight excluding hydrogens is 384 g/mol. The summed E-state index contributed by atoms with van der Waals surface area (Å²) in [6, 6.07) is 9.88. The standard InChI is InChI=1S/C12H8Br2OS2/c13-8-1-3-9(4-2-8)17-7-11(15)12-10(14)5-6-16-12/h1-6H,7H2. The third-order valence-electron chi connectivity index (χ3n) is 2.05. The maximum atomic E-state index is 11.9. The minimum absolute atomic E-state index is 0.166. The molecule has 17 heavy (non-hydrogen) atoms. The van der Waals surface area contributed by atoms with Crippen molar-refractivity contribution in [3.63, 3.8) is 0 Å². The van der Waals surface area contributed by atoms with Gasteiger partial charge in [0.2, 0.25) is 0 Å². The van der Waals surface area contributed by atoms with E-state index in [1.165, 1.54) is 11.3 Å². The number of carbonyl (C=O) groups is 1. The van der Waals surface area contributed by atoms with Gasteiger partial charge in [0.25, 0.3) is 0 Å². The first-order valence-electron chi connectivity index (χ1n) is 4.81. The lowest BCUT2D eigenvalue weighted by atomic mass is 10.3. The number of rotatable bonds is 4. The van der Waals surface area contributed by atoms with Crippen LogP contribution >= 0.6 is 55.0 Å². The Morgan fingerprint density at radius 2 is 1.88 bits per heavy atom. The Labute approximate surface area is 125 Å². The second-order valence-corrected chi connectivity index (χ2v) is 7.00. The molecule has 1 aromatic carbocycles. The fourth-order valence-corrected chi connectivity index (χ4v) is 3.90. The van der Waals surface area contributed by atoms with Crippen molar-refractivity contribution in [1.29, 1.82) is 0 Å². The number of ketones is 1. The number of hydrogen-bond donors (Lipinski definition) is 0. The number of halogens is 2. The van der Waals surface area contributed by atoms with Crippen LogP contribution in [0.1, 0.15) is 9.67 Å². The van der Waals surface area contributed by atoms with Crippen molar-refractivity contribution >= 4 is 60.7 Å². The van der Waals surface area contributed by atoms with Crippen LogP contribution in [-0.4, -0.2) is 11.5 Å². The van der Waals surface area contributed by atoms with Crippen LogP contribution in [0.15, 0.2) is 49.6 Å². The fraction of sp³-hybridized carbons (Fsp3) is 0.0833. The highest BCUT2D eigenvalue weighted by Crippen LogP contribution is 2.26. The molecule has 0 bridgehead atoms. The van der Waals surface area contributed by atoms with Gasteiger partial charge in [-0.2, -0.15) is 0 Å². The molecule has 0 atom stereocenters. The lowest BCUT2D eigenvalue weighted by Crippen LogP contribution is -1.99. The van der Waals surface area contributed by atoms with Crippen LogP contribution in [0.5, 0.6) is 0 Å². The van der Waals surface area contributed by atoms with Crippen LogP contribution in [0, 0.1) is 0 Å². The highest BCUT2D eigenvalue weighted by molar-refractivity contribution is 9.10. The lowest BCUT2D eigenvalue weighted by molar-refractivity contribution is 0.102. The first kappa shape index (κ1) is 13.3. The van der Waals surface area contributed by atoms with Gasteiger partial charge in [-0.1, -0.05) is 15.9 Å². The van der Waals surface area contributed by atoms with Gasteiger partial charge in [0, 0.05) is 13.8 Å².